The molecule has 0 amide bonds. The summed E-state index contributed by atoms with van der Waals surface area (Å²) in [4.78, 5) is 23.9. The van der Waals surface area contributed by atoms with E-state index in [0.29, 0.717) is 12.8 Å². The molecular weight excluding hydrogens is 464 g/mol. The van der Waals surface area contributed by atoms with Crippen molar-refractivity contribution in [1.29, 1.82) is 0 Å². The molecule has 0 fully saturated rings. The Kier molecular flexibility index (Phi) is 13.9. The third kappa shape index (κ3) is 10.9. The molecule has 0 aromatic carbocycles. The van der Waals surface area contributed by atoms with E-state index in [1.807, 2.05) is 13.8 Å². The third-order valence-corrected chi connectivity index (χ3v) is 7.63. The van der Waals surface area contributed by atoms with Crippen LogP contribution in [0.2, 0.25) is 0 Å². The van der Waals surface area contributed by atoms with Gasteiger partial charge in [0.25, 0.3) is 20.2 Å². The number of aliphatic carboxylic acids is 2. The van der Waals surface area contributed by atoms with Crippen LogP contribution in [-0.4, -0.2) is 58.6 Å². The Hall–Kier alpha value is -1.50. The molecule has 188 valence electrons. The second-order valence-electron chi connectivity index (χ2n) is 7.85. The molecule has 0 aliphatic carbocycles. The summed E-state index contributed by atoms with van der Waals surface area (Å²) in [6, 6.07) is 0. The van der Waals surface area contributed by atoms with Crippen LogP contribution in [0.1, 0.15) is 90.9 Å². The van der Waals surface area contributed by atoms with E-state index in [1.54, 1.807) is 0 Å². The summed E-state index contributed by atoms with van der Waals surface area (Å²) < 4.78 is 67.2. The zero-order chi connectivity index (χ0) is 24.9. The lowest BCUT2D eigenvalue weighted by Gasteiger charge is -2.22. The van der Waals surface area contributed by atoms with Crippen molar-refractivity contribution in [2.45, 2.75) is 101 Å². The first-order chi connectivity index (χ1) is 14.8. The molecule has 0 rings (SSSR count). The maximum absolute atomic E-state index is 12.0. The summed E-state index contributed by atoms with van der Waals surface area (Å²) in [6.45, 7) is 3.92. The number of carboxylic acids is 2. The molecule has 32 heavy (non-hydrogen) atoms. The number of carboxylic acid groups (broad SMARTS) is 2. The zero-order valence-electron chi connectivity index (χ0n) is 18.7. The van der Waals surface area contributed by atoms with Crippen molar-refractivity contribution in [3.63, 3.8) is 0 Å². The fourth-order valence-corrected chi connectivity index (χ4v) is 5.58. The van der Waals surface area contributed by atoms with Gasteiger partial charge in [-0.2, -0.15) is 16.8 Å². The average Bonchev–Trinajstić information content (AvgIpc) is 2.64. The van der Waals surface area contributed by atoms with E-state index in [4.69, 9.17) is 0 Å². The summed E-state index contributed by atoms with van der Waals surface area (Å²) in [5.74, 6) is -3.95. The van der Waals surface area contributed by atoms with E-state index >= 15 is 0 Å². The van der Waals surface area contributed by atoms with Crippen molar-refractivity contribution in [2.75, 3.05) is 0 Å². The van der Waals surface area contributed by atoms with Gasteiger partial charge in [-0.3, -0.25) is 9.11 Å². The lowest BCUT2D eigenvalue weighted by atomic mass is 9.95. The second-order valence-corrected chi connectivity index (χ2v) is 11.0. The summed E-state index contributed by atoms with van der Waals surface area (Å²) >= 11 is 0. The fourth-order valence-electron chi connectivity index (χ4n) is 3.60. The minimum atomic E-state index is -5.07. The first kappa shape index (κ1) is 30.5. The molecule has 0 spiro atoms. The van der Waals surface area contributed by atoms with Crippen LogP contribution < -0.4 is 0 Å². The Morgan fingerprint density at radius 1 is 0.594 bits per heavy atom. The van der Waals surface area contributed by atoms with Gasteiger partial charge in [-0.25, -0.2) is 9.59 Å². The summed E-state index contributed by atoms with van der Waals surface area (Å²) in [5, 5.41) is 15.0. The molecule has 0 heterocycles. The van der Waals surface area contributed by atoms with E-state index in [0.717, 1.165) is 38.5 Å². The normalized spacial score (nSPS) is 15.1. The molecule has 2 unspecified atom stereocenters. The van der Waals surface area contributed by atoms with Gasteiger partial charge in [-0.15, -0.1) is 0 Å². The molecular formula is C20H36O10S2. The van der Waals surface area contributed by atoms with Crippen LogP contribution in [0.4, 0.5) is 0 Å². The predicted molar refractivity (Wildman–Crippen MR) is 120 cm³/mol. The molecule has 0 aliphatic rings. The molecule has 0 aromatic rings. The van der Waals surface area contributed by atoms with Crippen molar-refractivity contribution in [3.8, 4) is 0 Å². The first-order valence-corrected chi connectivity index (χ1v) is 13.9. The highest BCUT2D eigenvalue weighted by atomic mass is 32.2. The number of hydrogen-bond donors (Lipinski definition) is 4. The molecule has 0 aromatic heterocycles. The van der Waals surface area contributed by atoms with Crippen molar-refractivity contribution in [3.05, 3.63) is 11.1 Å². The lowest BCUT2D eigenvalue weighted by Crippen LogP contribution is -2.36. The Labute approximate surface area is 190 Å². The number of rotatable bonds is 18. The Bertz CT molecular complexity index is 774. The highest BCUT2D eigenvalue weighted by Crippen LogP contribution is 2.29. The number of hydrogen-bond acceptors (Lipinski definition) is 6. The van der Waals surface area contributed by atoms with Gasteiger partial charge in [0.1, 0.15) is 10.5 Å². The minimum Gasteiger partial charge on any atom is -0.478 e. The number of unbranched alkanes of at least 4 members (excludes halogenated alkanes) is 8. The minimum absolute atomic E-state index is 0.182. The molecule has 4 N–H and O–H groups in total. The van der Waals surface area contributed by atoms with Crippen LogP contribution >= 0.6 is 0 Å². The van der Waals surface area contributed by atoms with E-state index in [2.05, 4.69) is 0 Å². The Balaban J connectivity index is 6.32. The van der Waals surface area contributed by atoms with Crippen LogP contribution in [0.3, 0.4) is 0 Å². The van der Waals surface area contributed by atoms with Gasteiger partial charge in [0.05, 0.1) is 11.1 Å². The molecule has 0 aliphatic heterocycles. The summed E-state index contributed by atoms with van der Waals surface area (Å²) in [5.41, 5.74) is -2.46. The quantitative estimate of drug-likeness (QED) is 0.123. The zero-order valence-corrected chi connectivity index (χ0v) is 20.3. The topological polar surface area (TPSA) is 183 Å². The highest BCUT2D eigenvalue weighted by Gasteiger charge is 2.41. The first-order valence-electron chi connectivity index (χ1n) is 10.9. The second kappa shape index (κ2) is 14.6. The molecule has 12 heteroatoms. The Morgan fingerprint density at radius 3 is 1.09 bits per heavy atom. The smallest absolute Gasteiger partial charge is 0.333 e. The monoisotopic (exact) mass is 500 g/mol. The maximum Gasteiger partial charge on any atom is 0.333 e. The average molecular weight is 501 g/mol. The molecule has 10 nitrogen and oxygen atoms in total. The predicted octanol–water partition coefficient (Wildman–Crippen LogP) is 3.69. The van der Waals surface area contributed by atoms with Crippen LogP contribution in [0.25, 0.3) is 0 Å². The SMILES string of the molecule is CCCCCCCC(C(C(=O)O)=C(C(=O)O)C(CCCCCCC)S(=O)(=O)O)S(=O)(=O)O. The van der Waals surface area contributed by atoms with Gasteiger partial charge >= 0.3 is 11.9 Å². The molecule has 2 atom stereocenters. The van der Waals surface area contributed by atoms with E-state index < -0.39 is 66.7 Å². The molecule has 0 saturated carbocycles. The van der Waals surface area contributed by atoms with Crippen LogP contribution in [0.15, 0.2) is 11.1 Å². The van der Waals surface area contributed by atoms with Gasteiger partial charge in [0, 0.05) is 0 Å². The van der Waals surface area contributed by atoms with Gasteiger partial charge in [-0.1, -0.05) is 78.1 Å². The van der Waals surface area contributed by atoms with E-state index in [-0.39, 0.29) is 12.8 Å². The van der Waals surface area contributed by atoms with E-state index in [9.17, 15) is 45.7 Å². The molecule has 0 bridgehead atoms. The highest BCUT2D eigenvalue weighted by molar-refractivity contribution is 7.87. The largest absolute Gasteiger partial charge is 0.478 e. The van der Waals surface area contributed by atoms with E-state index in [1.165, 1.54) is 0 Å². The standard InChI is InChI=1S/C20H36O10S2/c1-3-5-7-9-11-13-15(31(25,26)27)17(19(21)22)18(20(23)24)16(32(28,29)30)14-12-10-8-6-4-2/h15-16H,3-14H2,1-2H3,(H,21,22)(H,23,24)(H,25,26,27)(H,28,29,30). The van der Waals surface area contributed by atoms with Crippen molar-refractivity contribution >= 4 is 32.2 Å². The lowest BCUT2D eigenvalue weighted by molar-refractivity contribution is -0.136. The Morgan fingerprint density at radius 2 is 0.875 bits per heavy atom. The fraction of sp³-hybridized carbons (Fsp3) is 0.800. The summed E-state index contributed by atoms with van der Waals surface area (Å²) in [7, 11) is -10.1. The molecule has 0 radical (unpaired) electrons. The number of carbonyl (C=O) groups is 2. The summed E-state index contributed by atoms with van der Waals surface area (Å²) in [6.07, 6.45) is 5.62. The van der Waals surface area contributed by atoms with Crippen LogP contribution in [-0.2, 0) is 29.8 Å². The molecule has 0 saturated heterocycles. The third-order valence-electron chi connectivity index (χ3n) is 5.25. The van der Waals surface area contributed by atoms with Crippen molar-refractivity contribution < 1.29 is 45.7 Å². The van der Waals surface area contributed by atoms with Crippen molar-refractivity contribution in [2.24, 2.45) is 0 Å². The van der Waals surface area contributed by atoms with Crippen molar-refractivity contribution in [1.82, 2.24) is 0 Å². The van der Waals surface area contributed by atoms with Gasteiger partial charge < -0.3 is 10.2 Å². The van der Waals surface area contributed by atoms with Gasteiger partial charge in [0.2, 0.25) is 0 Å². The van der Waals surface area contributed by atoms with Crippen LogP contribution in [0.5, 0.6) is 0 Å². The van der Waals surface area contributed by atoms with Gasteiger partial charge in [0.15, 0.2) is 0 Å². The van der Waals surface area contributed by atoms with Gasteiger partial charge in [-0.05, 0) is 12.8 Å². The van der Waals surface area contributed by atoms with Crippen LogP contribution in [0, 0.1) is 0 Å². The maximum atomic E-state index is 12.0.